The van der Waals surface area contributed by atoms with Crippen LogP contribution in [0, 0.1) is 6.92 Å². The predicted molar refractivity (Wildman–Crippen MR) is 87.4 cm³/mol. The van der Waals surface area contributed by atoms with Crippen molar-refractivity contribution >= 4 is 21.6 Å². The first-order valence-corrected chi connectivity index (χ1v) is 8.96. The second-order valence-electron chi connectivity index (χ2n) is 5.42. The summed E-state index contributed by atoms with van der Waals surface area (Å²) in [5.41, 5.74) is 1.20. The molecule has 2 aromatic rings. The van der Waals surface area contributed by atoms with E-state index in [1.807, 2.05) is 0 Å². The van der Waals surface area contributed by atoms with E-state index in [-0.39, 0.29) is 10.7 Å². The van der Waals surface area contributed by atoms with E-state index in [4.69, 9.17) is 9.15 Å². The molecule has 1 aromatic heterocycles. The maximum Gasteiger partial charge on any atom is 0.291 e. The van der Waals surface area contributed by atoms with Crippen LogP contribution < -0.4 is 5.32 Å². The molecule has 3 rings (SSSR count). The fourth-order valence-electron chi connectivity index (χ4n) is 2.42. The Morgan fingerprint density at radius 1 is 1.21 bits per heavy atom. The SMILES string of the molecule is Cc1ccc(S(=O)(=O)N2CCOCC2)cc1NC(=O)c1ccco1. The highest BCUT2D eigenvalue weighted by atomic mass is 32.2. The van der Waals surface area contributed by atoms with Gasteiger partial charge in [-0.3, -0.25) is 4.79 Å². The van der Waals surface area contributed by atoms with E-state index in [9.17, 15) is 13.2 Å². The van der Waals surface area contributed by atoms with Gasteiger partial charge in [-0.25, -0.2) is 8.42 Å². The standard InChI is InChI=1S/C16H18N2O5S/c1-12-4-5-13(24(20,21)18-6-9-22-10-7-18)11-14(12)17-16(19)15-3-2-8-23-15/h2-5,8,11H,6-7,9-10H2,1H3,(H,17,19). The number of anilines is 1. The van der Waals surface area contributed by atoms with Gasteiger partial charge in [-0.05, 0) is 36.8 Å². The molecule has 1 saturated heterocycles. The van der Waals surface area contributed by atoms with Crippen molar-refractivity contribution in [1.82, 2.24) is 4.31 Å². The summed E-state index contributed by atoms with van der Waals surface area (Å²) in [7, 11) is -3.61. The maximum atomic E-state index is 12.7. The third-order valence-electron chi connectivity index (χ3n) is 3.81. The summed E-state index contributed by atoms with van der Waals surface area (Å²) in [6, 6.07) is 7.84. The van der Waals surface area contributed by atoms with Gasteiger partial charge in [0, 0.05) is 18.8 Å². The third kappa shape index (κ3) is 3.35. The Morgan fingerprint density at radius 3 is 2.62 bits per heavy atom. The molecule has 1 aliphatic rings. The second kappa shape index (κ2) is 6.76. The minimum atomic E-state index is -3.61. The lowest BCUT2D eigenvalue weighted by Gasteiger charge is -2.26. The number of nitrogens with zero attached hydrogens (tertiary/aromatic N) is 1. The number of nitrogens with one attached hydrogen (secondary N) is 1. The van der Waals surface area contributed by atoms with Crippen molar-refractivity contribution in [3.8, 4) is 0 Å². The fourth-order valence-corrected chi connectivity index (χ4v) is 3.86. The van der Waals surface area contributed by atoms with Gasteiger partial charge in [0.2, 0.25) is 10.0 Å². The number of carbonyl (C=O) groups is 1. The Bertz CT molecular complexity index is 824. The van der Waals surface area contributed by atoms with E-state index in [1.54, 1.807) is 31.2 Å². The number of ether oxygens (including phenoxy) is 1. The zero-order chi connectivity index (χ0) is 17.2. The first-order chi connectivity index (χ1) is 11.5. The zero-order valence-electron chi connectivity index (χ0n) is 13.2. The average molecular weight is 350 g/mol. The minimum absolute atomic E-state index is 0.143. The summed E-state index contributed by atoms with van der Waals surface area (Å²) < 4.78 is 37.0. The smallest absolute Gasteiger partial charge is 0.291 e. The molecule has 0 spiro atoms. The molecular formula is C16H18N2O5S. The van der Waals surface area contributed by atoms with Gasteiger partial charge in [0.25, 0.3) is 5.91 Å². The van der Waals surface area contributed by atoms with E-state index >= 15 is 0 Å². The normalized spacial score (nSPS) is 16.0. The van der Waals surface area contributed by atoms with E-state index in [2.05, 4.69) is 5.32 Å². The Labute approximate surface area is 140 Å². The minimum Gasteiger partial charge on any atom is -0.459 e. The van der Waals surface area contributed by atoms with E-state index < -0.39 is 15.9 Å². The molecule has 1 amide bonds. The number of furan rings is 1. The van der Waals surface area contributed by atoms with Crippen molar-refractivity contribution in [2.75, 3.05) is 31.6 Å². The third-order valence-corrected chi connectivity index (χ3v) is 5.70. The van der Waals surface area contributed by atoms with E-state index in [0.29, 0.717) is 32.0 Å². The molecule has 0 unspecified atom stereocenters. The van der Waals surface area contributed by atoms with Crippen LogP contribution in [0.4, 0.5) is 5.69 Å². The number of carbonyl (C=O) groups excluding carboxylic acids is 1. The van der Waals surface area contributed by atoms with Gasteiger partial charge in [0.1, 0.15) is 0 Å². The van der Waals surface area contributed by atoms with Crippen LogP contribution in [0.2, 0.25) is 0 Å². The second-order valence-corrected chi connectivity index (χ2v) is 7.36. The molecule has 1 N–H and O–H groups in total. The quantitative estimate of drug-likeness (QED) is 0.909. The number of morpholine rings is 1. The lowest BCUT2D eigenvalue weighted by molar-refractivity contribution is 0.0730. The maximum absolute atomic E-state index is 12.7. The van der Waals surface area contributed by atoms with Crippen LogP contribution in [0.3, 0.4) is 0 Å². The summed E-state index contributed by atoms with van der Waals surface area (Å²) in [6.45, 7) is 3.21. The molecule has 0 saturated carbocycles. The number of aryl methyl sites for hydroxylation is 1. The summed E-state index contributed by atoms with van der Waals surface area (Å²) in [5.74, 6) is -0.264. The lowest BCUT2D eigenvalue weighted by atomic mass is 10.2. The molecule has 1 aromatic carbocycles. The van der Waals surface area contributed by atoms with Gasteiger partial charge in [0.05, 0.1) is 24.4 Å². The van der Waals surface area contributed by atoms with Crippen molar-refractivity contribution in [3.63, 3.8) is 0 Å². The average Bonchev–Trinajstić information content (AvgIpc) is 3.12. The molecule has 24 heavy (non-hydrogen) atoms. The number of benzene rings is 1. The molecule has 7 nitrogen and oxygen atoms in total. The molecule has 0 bridgehead atoms. The number of amides is 1. The summed E-state index contributed by atoms with van der Waals surface area (Å²) in [4.78, 5) is 12.3. The van der Waals surface area contributed by atoms with Crippen LogP contribution in [0.5, 0.6) is 0 Å². The number of hydrogen-bond donors (Lipinski definition) is 1. The number of rotatable bonds is 4. The van der Waals surface area contributed by atoms with Crippen molar-refractivity contribution < 1.29 is 22.4 Å². The monoisotopic (exact) mass is 350 g/mol. The zero-order valence-corrected chi connectivity index (χ0v) is 14.0. The molecule has 1 aliphatic heterocycles. The van der Waals surface area contributed by atoms with Crippen LogP contribution >= 0.6 is 0 Å². The van der Waals surface area contributed by atoms with Crippen molar-refractivity contribution in [3.05, 3.63) is 47.9 Å². The molecule has 0 aliphatic carbocycles. The molecular weight excluding hydrogens is 332 g/mol. The van der Waals surface area contributed by atoms with Crippen LogP contribution in [0.25, 0.3) is 0 Å². The summed E-state index contributed by atoms with van der Waals surface area (Å²) >= 11 is 0. The Morgan fingerprint density at radius 2 is 1.96 bits per heavy atom. The van der Waals surface area contributed by atoms with Gasteiger partial charge in [-0.15, -0.1) is 0 Å². The van der Waals surface area contributed by atoms with Gasteiger partial charge in [0.15, 0.2) is 5.76 Å². The van der Waals surface area contributed by atoms with Crippen molar-refractivity contribution in [1.29, 1.82) is 0 Å². The molecule has 128 valence electrons. The van der Waals surface area contributed by atoms with Crippen LogP contribution in [-0.2, 0) is 14.8 Å². The molecule has 1 fully saturated rings. The fraction of sp³-hybridized carbons (Fsp3) is 0.312. The van der Waals surface area contributed by atoms with Gasteiger partial charge >= 0.3 is 0 Å². The van der Waals surface area contributed by atoms with E-state index in [0.717, 1.165) is 5.56 Å². The Kier molecular flexibility index (Phi) is 4.70. The highest BCUT2D eigenvalue weighted by Gasteiger charge is 2.27. The van der Waals surface area contributed by atoms with Gasteiger partial charge in [-0.2, -0.15) is 4.31 Å². The lowest BCUT2D eigenvalue weighted by Crippen LogP contribution is -2.40. The van der Waals surface area contributed by atoms with Crippen LogP contribution in [0.1, 0.15) is 16.1 Å². The molecule has 0 atom stereocenters. The summed E-state index contributed by atoms with van der Waals surface area (Å²) in [5, 5.41) is 2.69. The van der Waals surface area contributed by atoms with Gasteiger partial charge < -0.3 is 14.5 Å². The number of sulfonamides is 1. The van der Waals surface area contributed by atoms with Crippen LogP contribution in [0.15, 0.2) is 45.9 Å². The largest absolute Gasteiger partial charge is 0.459 e. The summed E-state index contributed by atoms with van der Waals surface area (Å²) in [6.07, 6.45) is 1.40. The number of hydrogen-bond acceptors (Lipinski definition) is 5. The predicted octanol–water partition coefficient (Wildman–Crippen LogP) is 1.86. The van der Waals surface area contributed by atoms with E-state index in [1.165, 1.54) is 16.6 Å². The van der Waals surface area contributed by atoms with Crippen molar-refractivity contribution in [2.45, 2.75) is 11.8 Å². The highest BCUT2D eigenvalue weighted by molar-refractivity contribution is 7.89. The first-order valence-electron chi connectivity index (χ1n) is 7.52. The Hall–Kier alpha value is -2.16. The van der Waals surface area contributed by atoms with Crippen LogP contribution in [-0.4, -0.2) is 44.9 Å². The first kappa shape index (κ1) is 16.7. The molecule has 0 radical (unpaired) electrons. The highest BCUT2D eigenvalue weighted by Crippen LogP contribution is 2.24. The van der Waals surface area contributed by atoms with Crippen molar-refractivity contribution in [2.24, 2.45) is 0 Å². The Balaban J connectivity index is 1.87. The molecule has 8 heteroatoms. The molecule has 2 heterocycles. The topological polar surface area (TPSA) is 88.9 Å². The van der Waals surface area contributed by atoms with Gasteiger partial charge in [-0.1, -0.05) is 6.07 Å².